The lowest BCUT2D eigenvalue weighted by molar-refractivity contribution is -0.118. The van der Waals surface area contributed by atoms with Crippen LogP contribution in [0.2, 0.25) is 5.02 Å². The van der Waals surface area contributed by atoms with Gasteiger partial charge in [-0.25, -0.2) is 4.79 Å². The Hall–Kier alpha value is -2.52. The molecule has 0 unspecified atom stereocenters. The van der Waals surface area contributed by atoms with Crippen LogP contribution in [-0.4, -0.2) is 25.5 Å². The third kappa shape index (κ3) is 4.23. The van der Waals surface area contributed by atoms with Crippen molar-refractivity contribution in [2.24, 2.45) is 5.73 Å². The highest BCUT2D eigenvalue weighted by molar-refractivity contribution is 6.31. The predicted molar refractivity (Wildman–Crippen MR) is 75.8 cm³/mol. The van der Waals surface area contributed by atoms with E-state index in [1.165, 1.54) is 26.2 Å². The molecular formula is C14H13ClN2O4. The van der Waals surface area contributed by atoms with Crippen LogP contribution in [0.4, 0.5) is 0 Å². The summed E-state index contributed by atoms with van der Waals surface area (Å²) in [5, 5.41) is 9.10. The van der Waals surface area contributed by atoms with Crippen molar-refractivity contribution in [1.82, 2.24) is 0 Å². The van der Waals surface area contributed by atoms with Gasteiger partial charge in [-0.15, -0.1) is 0 Å². The van der Waals surface area contributed by atoms with Gasteiger partial charge in [0.1, 0.15) is 23.0 Å². The van der Waals surface area contributed by atoms with E-state index in [4.69, 9.17) is 32.1 Å². The van der Waals surface area contributed by atoms with Crippen LogP contribution in [0.3, 0.4) is 0 Å². The number of ketones is 1. The fraction of sp³-hybridized carbons (Fsp3) is 0.214. The van der Waals surface area contributed by atoms with Gasteiger partial charge in [-0.05, 0) is 25.1 Å². The molecule has 1 aromatic carbocycles. The summed E-state index contributed by atoms with van der Waals surface area (Å²) in [6.45, 7) is 0.824. The summed E-state index contributed by atoms with van der Waals surface area (Å²) in [5.74, 6) is -1.19. The van der Waals surface area contributed by atoms with Crippen LogP contribution in [-0.2, 0) is 9.53 Å². The Balaban J connectivity index is 2.85. The van der Waals surface area contributed by atoms with E-state index in [-0.39, 0.29) is 22.6 Å². The van der Waals surface area contributed by atoms with Gasteiger partial charge in [-0.1, -0.05) is 11.6 Å². The molecule has 0 bridgehead atoms. The highest BCUT2D eigenvalue weighted by atomic mass is 35.5. The standard InChI is InChI=1S/C14H13ClN2O4/c1-8(17)11(6-16)12(18)7-21-14(19)10-5-9(15)3-4-13(10)20-2/h3-5H,7,17H2,1-2H3/b11-8+. The zero-order valence-electron chi connectivity index (χ0n) is 11.5. The normalized spacial score (nSPS) is 11.1. The van der Waals surface area contributed by atoms with Gasteiger partial charge in [-0.3, -0.25) is 4.79 Å². The van der Waals surface area contributed by atoms with Gasteiger partial charge < -0.3 is 15.2 Å². The topological polar surface area (TPSA) is 102 Å². The number of hydrogen-bond donors (Lipinski definition) is 1. The maximum Gasteiger partial charge on any atom is 0.342 e. The van der Waals surface area contributed by atoms with Crippen LogP contribution in [0.25, 0.3) is 0 Å². The van der Waals surface area contributed by atoms with E-state index < -0.39 is 18.4 Å². The first-order valence-electron chi connectivity index (χ1n) is 5.81. The minimum absolute atomic E-state index is 0.0684. The number of carbonyl (C=O) groups excluding carboxylic acids is 2. The number of nitrogens with two attached hydrogens (primary N) is 1. The SMILES string of the molecule is COc1ccc(Cl)cc1C(=O)OCC(=O)/C(C#N)=C(\C)N. The highest BCUT2D eigenvalue weighted by Crippen LogP contribution is 2.23. The van der Waals surface area contributed by atoms with Crippen molar-refractivity contribution in [3.63, 3.8) is 0 Å². The van der Waals surface area contributed by atoms with E-state index in [0.29, 0.717) is 5.02 Å². The molecule has 0 saturated carbocycles. The van der Waals surface area contributed by atoms with Crippen molar-refractivity contribution in [2.75, 3.05) is 13.7 Å². The number of esters is 1. The van der Waals surface area contributed by atoms with Crippen molar-refractivity contribution in [2.45, 2.75) is 6.92 Å². The van der Waals surface area contributed by atoms with Crippen molar-refractivity contribution in [3.8, 4) is 11.8 Å². The van der Waals surface area contributed by atoms with Crippen molar-refractivity contribution in [1.29, 1.82) is 5.26 Å². The molecule has 1 rings (SSSR count). The monoisotopic (exact) mass is 308 g/mol. The van der Waals surface area contributed by atoms with Crippen LogP contribution in [0.5, 0.6) is 5.75 Å². The van der Waals surface area contributed by atoms with Gasteiger partial charge in [0.2, 0.25) is 5.78 Å². The number of benzene rings is 1. The second kappa shape index (κ2) is 7.31. The van der Waals surface area contributed by atoms with Gasteiger partial charge in [0, 0.05) is 10.7 Å². The number of allylic oxidation sites excluding steroid dienone is 1. The van der Waals surface area contributed by atoms with Crippen LogP contribution in [0.15, 0.2) is 29.5 Å². The average Bonchev–Trinajstić information content (AvgIpc) is 2.45. The Kier molecular flexibility index (Phi) is 5.76. The maximum absolute atomic E-state index is 11.9. The first-order chi connectivity index (χ1) is 9.90. The fourth-order valence-electron chi connectivity index (χ4n) is 1.49. The van der Waals surface area contributed by atoms with Gasteiger partial charge in [0.15, 0.2) is 6.61 Å². The molecular weight excluding hydrogens is 296 g/mol. The third-order valence-electron chi connectivity index (χ3n) is 2.50. The molecule has 0 aliphatic rings. The number of hydrogen-bond acceptors (Lipinski definition) is 6. The van der Waals surface area contributed by atoms with Crippen molar-refractivity contribution in [3.05, 3.63) is 40.1 Å². The van der Waals surface area contributed by atoms with Gasteiger partial charge >= 0.3 is 5.97 Å². The molecule has 0 aromatic heterocycles. The number of Topliss-reactive ketones (excluding diaryl/α,β-unsaturated/α-hetero) is 1. The number of carbonyl (C=O) groups is 2. The highest BCUT2D eigenvalue weighted by Gasteiger charge is 2.18. The zero-order chi connectivity index (χ0) is 16.0. The Bertz CT molecular complexity index is 643. The Labute approximate surface area is 126 Å². The minimum atomic E-state index is -0.783. The molecule has 0 fully saturated rings. The van der Waals surface area contributed by atoms with Gasteiger partial charge in [0.05, 0.1) is 7.11 Å². The molecule has 6 nitrogen and oxygen atoms in total. The van der Waals surface area contributed by atoms with Crippen LogP contribution < -0.4 is 10.5 Å². The lowest BCUT2D eigenvalue weighted by Gasteiger charge is -2.08. The van der Waals surface area contributed by atoms with Crippen molar-refractivity contribution >= 4 is 23.4 Å². The van der Waals surface area contributed by atoms with E-state index in [1.807, 2.05) is 0 Å². The van der Waals surface area contributed by atoms with Crippen LogP contribution in [0.1, 0.15) is 17.3 Å². The molecule has 1 aromatic rings. The summed E-state index contributed by atoms with van der Waals surface area (Å²) in [6.07, 6.45) is 0. The molecule has 0 heterocycles. The number of ether oxygens (including phenoxy) is 2. The Morgan fingerprint density at radius 3 is 2.62 bits per heavy atom. The quantitative estimate of drug-likeness (QED) is 0.506. The second-order valence-corrected chi connectivity index (χ2v) is 4.45. The number of rotatable bonds is 5. The molecule has 0 spiro atoms. The molecule has 0 atom stereocenters. The maximum atomic E-state index is 11.9. The molecule has 110 valence electrons. The number of nitrogens with zero attached hydrogens (tertiary/aromatic N) is 1. The molecule has 21 heavy (non-hydrogen) atoms. The summed E-state index contributed by atoms with van der Waals surface area (Å²) >= 11 is 5.80. The van der Waals surface area contributed by atoms with E-state index in [0.717, 1.165) is 0 Å². The van der Waals surface area contributed by atoms with Crippen molar-refractivity contribution < 1.29 is 19.1 Å². The third-order valence-corrected chi connectivity index (χ3v) is 2.74. The smallest absolute Gasteiger partial charge is 0.342 e. The average molecular weight is 309 g/mol. The zero-order valence-corrected chi connectivity index (χ0v) is 12.2. The lowest BCUT2D eigenvalue weighted by atomic mass is 10.1. The predicted octanol–water partition coefficient (Wildman–Crippen LogP) is 1.83. The largest absolute Gasteiger partial charge is 0.496 e. The van der Waals surface area contributed by atoms with Gasteiger partial charge in [0.25, 0.3) is 0 Å². The summed E-state index contributed by atoms with van der Waals surface area (Å²) in [5.41, 5.74) is 5.31. The fourth-order valence-corrected chi connectivity index (χ4v) is 1.66. The number of halogens is 1. The molecule has 7 heteroatoms. The van der Waals surface area contributed by atoms with E-state index in [9.17, 15) is 9.59 Å². The van der Waals surface area contributed by atoms with E-state index in [1.54, 1.807) is 12.1 Å². The summed E-state index contributed by atoms with van der Waals surface area (Å²) in [6, 6.07) is 6.09. The molecule has 0 aliphatic heterocycles. The Morgan fingerprint density at radius 2 is 2.10 bits per heavy atom. The van der Waals surface area contributed by atoms with Gasteiger partial charge in [-0.2, -0.15) is 5.26 Å². The van der Waals surface area contributed by atoms with Crippen LogP contribution in [0, 0.1) is 11.3 Å². The molecule has 2 N–H and O–H groups in total. The molecule has 0 aliphatic carbocycles. The summed E-state index contributed by atoms with van der Waals surface area (Å²) in [7, 11) is 1.39. The first-order valence-corrected chi connectivity index (χ1v) is 6.18. The summed E-state index contributed by atoms with van der Waals surface area (Å²) < 4.78 is 9.86. The van der Waals surface area contributed by atoms with E-state index >= 15 is 0 Å². The van der Waals surface area contributed by atoms with Crippen LogP contribution >= 0.6 is 11.6 Å². The minimum Gasteiger partial charge on any atom is -0.496 e. The molecule has 0 amide bonds. The first kappa shape index (κ1) is 16.5. The number of methoxy groups -OCH3 is 1. The lowest BCUT2D eigenvalue weighted by Crippen LogP contribution is -2.18. The van der Waals surface area contributed by atoms with E-state index in [2.05, 4.69) is 0 Å². The molecule has 0 saturated heterocycles. The second-order valence-electron chi connectivity index (χ2n) is 4.01. The Morgan fingerprint density at radius 1 is 1.43 bits per heavy atom. The number of nitriles is 1. The molecule has 0 radical (unpaired) electrons. The summed E-state index contributed by atoms with van der Waals surface area (Å²) in [4.78, 5) is 23.6.